The van der Waals surface area contributed by atoms with Crippen LogP contribution in [0.15, 0.2) is 48.5 Å². The number of aryl methyl sites for hydroxylation is 2. The number of urea groups is 1. The topological polar surface area (TPSA) is 61.4 Å². The highest BCUT2D eigenvalue weighted by atomic mass is 16.3. The largest absolute Gasteiger partial charge is 0.386 e. The molecule has 0 radical (unpaired) electrons. The molecule has 0 saturated heterocycles. The molecule has 2 aromatic carbocycles. The van der Waals surface area contributed by atoms with Crippen LogP contribution in [0.3, 0.4) is 0 Å². The number of anilines is 1. The summed E-state index contributed by atoms with van der Waals surface area (Å²) in [5, 5.41) is 15.8. The second-order valence-corrected chi connectivity index (χ2v) is 5.61. The fourth-order valence-corrected chi connectivity index (χ4v) is 2.23. The average molecular weight is 298 g/mol. The van der Waals surface area contributed by atoms with Gasteiger partial charge in [-0.15, -0.1) is 0 Å². The molecule has 4 heteroatoms. The molecule has 2 amide bonds. The van der Waals surface area contributed by atoms with Gasteiger partial charge in [-0.2, -0.15) is 0 Å². The van der Waals surface area contributed by atoms with Crippen molar-refractivity contribution < 1.29 is 9.90 Å². The van der Waals surface area contributed by atoms with Crippen molar-refractivity contribution in [3.63, 3.8) is 0 Å². The van der Waals surface area contributed by atoms with E-state index in [1.54, 1.807) is 6.92 Å². The molecule has 0 saturated carbocycles. The summed E-state index contributed by atoms with van der Waals surface area (Å²) in [4.78, 5) is 12.0. The highest BCUT2D eigenvalue weighted by Crippen LogP contribution is 2.17. The first kappa shape index (κ1) is 16.0. The molecule has 3 N–H and O–H groups in total. The number of aliphatic hydroxyl groups excluding tert-OH is 1. The van der Waals surface area contributed by atoms with Gasteiger partial charge in [0.05, 0.1) is 12.1 Å². The zero-order valence-electron chi connectivity index (χ0n) is 13.1. The smallest absolute Gasteiger partial charge is 0.319 e. The first-order valence-electron chi connectivity index (χ1n) is 7.34. The van der Waals surface area contributed by atoms with Crippen molar-refractivity contribution in [2.45, 2.75) is 32.9 Å². The molecule has 0 fully saturated rings. The SMILES string of the molecule is Cc1ccc(C(O)C(C)NC(=O)Nc2cccc(C)c2)cc1. The van der Waals surface area contributed by atoms with Gasteiger partial charge in [0.25, 0.3) is 0 Å². The summed E-state index contributed by atoms with van der Waals surface area (Å²) < 4.78 is 0. The number of hydrogen-bond donors (Lipinski definition) is 3. The monoisotopic (exact) mass is 298 g/mol. The minimum absolute atomic E-state index is 0.329. The minimum atomic E-state index is -0.746. The van der Waals surface area contributed by atoms with Crippen molar-refractivity contribution in [3.05, 3.63) is 65.2 Å². The van der Waals surface area contributed by atoms with Gasteiger partial charge in [0.1, 0.15) is 0 Å². The van der Waals surface area contributed by atoms with Gasteiger partial charge in [-0.3, -0.25) is 0 Å². The highest BCUT2D eigenvalue weighted by Gasteiger charge is 2.18. The molecule has 0 bridgehead atoms. The number of carbonyl (C=O) groups excluding carboxylic acids is 1. The van der Waals surface area contributed by atoms with Crippen molar-refractivity contribution in [1.29, 1.82) is 0 Å². The molecule has 0 aromatic heterocycles. The molecule has 2 rings (SSSR count). The van der Waals surface area contributed by atoms with Crippen LogP contribution in [-0.2, 0) is 0 Å². The molecular weight excluding hydrogens is 276 g/mol. The minimum Gasteiger partial charge on any atom is -0.386 e. The summed E-state index contributed by atoms with van der Waals surface area (Å²) in [7, 11) is 0. The Morgan fingerprint density at radius 2 is 1.73 bits per heavy atom. The predicted molar refractivity (Wildman–Crippen MR) is 88.9 cm³/mol. The molecule has 0 heterocycles. The van der Waals surface area contributed by atoms with Gasteiger partial charge in [0, 0.05) is 5.69 Å². The molecule has 0 aliphatic rings. The molecule has 2 atom stereocenters. The van der Waals surface area contributed by atoms with Crippen LogP contribution in [0.2, 0.25) is 0 Å². The lowest BCUT2D eigenvalue weighted by molar-refractivity contribution is 0.139. The van der Waals surface area contributed by atoms with Crippen molar-refractivity contribution in [1.82, 2.24) is 5.32 Å². The third kappa shape index (κ3) is 4.33. The first-order valence-corrected chi connectivity index (χ1v) is 7.34. The normalized spacial score (nSPS) is 13.3. The van der Waals surface area contributed by atoms with E-state index < -0.39 is 12.1 Å². The number of amides is 2. The second kappa shape index (κ2) is 7.09. The Labute approximate surface area is 131 Å². The fourth-order valence-electron chi connectivity index (χ4n) is 2.23. The van der Waals surface area contributed by atoms with Gasteiger partial charge in [-0.1, -0.05) is 42.0 Å². The van der Waals surface area contributed by atoms with Gasteiger partial charge >= 0.3 is 6.03 Å². The van der Waals surface area contributed by atoms with Crippen LogP contribution in [0.4, 0.5) is 10.5 Å². The van der Waals surface area contributed by atoms with E-state index in [0.29, 0.717) is 0 Å². The number of aliphatic hydroxyl groups is 1. The zero-order chi connectivity index (χ0) is 16.1. The zero-order valence-corrected chi connectivity index (χ0v) is 13.1. The lowest BCUT2D eigenvalue weighted by atomic mass is 10.0. The molecule has 22 heavy (non-hydrogen) atoms. The van der Waals surface area contributed by atoms with E-state index in [4.69, 9.17) is 0 Å². The number of nitrogens with one attached hydrogen (secondary N) is 2. The van der Waals surface area contributed by atoms with Gasteiger partial charge in [0.2, 0.25) is 0 Å². The van der Waals surface area contributed by atoms with Crippen molar-refractivity contribution >= 4 is 11.7 Å². The second-order valence-electron chi connectivity index (χ2n) is 5.61. The number of rotatable bonds is 4. The lowest BCUT2D eigenvalue weighted by Gasteiger charge is -2.21. The Balaban J connectivity index is 1.94. The molecule has 0 aliphatic carbocycles. The van der Waals surface area contributed by atoms with Crippen LogP contribution < -0.4 is 10.6 Å². The third-order valence-electron chi connectivity index (χ3n) is 3.53. The molecule has 4 nitrogen and oxygen atoms in total. The van der Waals surface area contributed by atoms with Crippen LogP contribution in [-0.4, -0.2) is 17.2 Å². The van der Waals surface area contributed by atoms with Gasteiger partial charge < -0.3 is 15.7 Å². The third-order valence-corrected chi connectivity index (χ3v) is 3.53. The van der Waals surface area contributed by atoms with E-state index in [2.05, 4.69) is 10.6 Å². The van der Waals surface area contributed by atoms with Crippen LogP contribution in [0.25, 0.3) is 0 Å². The Kier molecular flexibility index (Phi) is 5.17. The summed E-state index contributed by atoms with van der Waals surface area (Å²) in [5.41, 5.74) is 3.72. The maximum Gasteiger partial charge on any atom is 0.319 e. The van der Waals surface area contributed by atoms with E-state index in [9.17, 15) is 9.90 Å². The Morgan fingerprint density at radius 3 is 2.36 bits per heavy atom. The van der Waals surface area contributed by atoms with Gasteiger partial charge in [-0.05, 0) is 44.0 Å². The van der Waals surface area contributed by atoms with Crippen LogP contribution in [0, 0.1) is 13.8 Å². The predicted octanol–water partition coefficient (Wildman–Crippen LogP) is 3.55. The summed E-state index contributed by atoms with van der Waals surface area (Å²) >= 11 is 0. The van der Waals surface area contributed by atoms with Crippen LogP contribution in [0.5, 0.6) is 0 Å². The maximum atomic E-state index is 12.0. The molecule has 0 aliphatic heterocycles. The van der Waals surface area contributed by atoms with Crippen LogP contribution in [0.1, 0.15) is 29.7 Å². The van der Waals surface area contributed by atoms with Crippen molar-refractivity contribution in [2.24, 2.45) is 0 Å². The first-order chi connectivity index (χ1) is 10.5. The van der Waals surface area contributed by atoms with Crippen molar-refractivity contribution in [2.75, 3.05) is 5.32 Å². The molecule has 0 spiro atoms. The lowest BCUT2D eigenvalue weighted by Crippen LogP contribution is -2.39. The summed E-state index contributed by atoms with van der Waals surface area (Å²) in [6, 6.07) is 14.5. The molecule has 2 unspecified atom stereocenters. The molecular formula is C18H22N2O2. The van der Waals surface area contributed by atoms with Crippen molar-refractivity contribution in [3.8, 4) is 0 Å². The molecule has 2 aromatic rings. The average Bonchev–Trinajstić information content (AvgIpc) is 2.47. The number of carbonyl (C=O) groups is 1. The summed E-state index contributed by atoms with van der Waals surface area (Å²) in [6.45, 7) is 5.74. The van der Waals surface area contributed by atoms with E-state index in [0.717, 1.165) is 22.4 Å². The van der Waals surface area contributed by atoms with Gasteiger partial charge in [0.15, 0.2) is 0 Å². The Morgan fingerprint density at radius 1 is 1.05 bits per heavy atom. The summed E-state index contributed by atoms with van der Waals surface area (Å²) in [5.74, 6) is 0. The van der Waals surface area contributed by atoms with Crippen LogP contribution >= 0.6 is 0 Å². The quantitative estimate of drug-likeness (QED) is 0.808. The van der Waals surface area contributed by atoms with E-state index >= 15 is 0 Å². The molecule has 116 valence electrons. The maximum absolute atomic E-state index is 12.0. The standard InChI is InChI=1S/C18H22N2O2/c1-12-7-9-15(10-8-12)17(21)14(3)19-18(22)20-16-6-4-5-13(2)11-16/h4-11,14,17,21H,1-3H3,(H2,19,20,22). The Hall–Kier alpha value is -2.33. The highest BCUT2D eigenvalue weighted by molar-refractivity contribution is 5.89. The summed E-state index contributed by atoms with van der Waals surface area (Å²) in [6.07, 6.45) is -0.746. The Bertz CT molecular complexity index is 638. The van der Waals surface area contributed by atoms with Gasteiger partial charge in [-0.25, -0.2) is 4.79 Å². The van der Waals surface area contributed by atoms with E-state index in [1.807, 2.05) is 62.4 Å². The fraction of sp³-hybridized carbons (Fsp3) is 0.278. The van der Waals surface area contributed by atoms with E-state index in [1.165, 1.54) is 0 Å². The van der Waals surface area contributed by atoms with E-state index in [-0.39, 0.29) is 6.03 Å². The number of benzene rings is 2. The number of hydrogen-bond acceptors (Lipinski definition) is 2.